The molecule has 1 saturated carbocycles. The summed E-state index contributed by atoms with van der Waals surface area (Å²) < 4.78 is 0. The number of rotatable bonds is 2. The van der Waals surface area contributed by atoms with Gasteiger partial charge < -0.3 is 10.6 Å². The molecule has 2 atom stereocenters. The summed E-state index contributed by atoms with van der Waals surface area (Å²) in [5, 5.41) is 0. The van der Waals surface area contributed by atoms with Crippen molar-refractivity contribution in [3.05, 3.63) is 0 Å². The first-order valence-electron chi connectivity index (χ1n) is 6.39. The number of hydrogen-bond donors (Lipinski definition) is 1. The Labute approximate surface area is 102 Å². The smallest absolute Gasteiger partial charge is 0.226 e. The highest BCUT2D eigenvalue weighted by atomic mass is 32.2. The van der Waals surface area contributed by atoms with Gasteiger partial charge in [-0.3, -0.25) is 4.79 Å². The van der Waals surface area contributed by atoms with E-state index in [4.69, 9.17) is 5.73 Å². The molecule has 2 aliphatic rings. The molecule has 1 aliphatic heterocycles. The van der Waals surface area contributed by atoms with Gasteiger partial charge in [0, 0.05) is 30.5 Å². The number of carbonyl (C=O) groups is 1. The van der Waals surface area contributed by atoms with Crippen LogP contribution < -0.4 is 5.73 Å². The van der Waals surface area contributed by atoms with Crippen LogP contribution in [0.4, 0.5) is 0 Å². The Balaban J connectivity index is 1.95. The maximum atomic E-state index is 12.4. The summed E-state index contributed by atoms with van der Waals surface area (Å²) in [7, 11) is 0. The van der Waals surface area contributed by atoms with E-state index in [-0.39, 0.29) is 5.92 Å². The summed E-state index contributed by atoms with van der Waals surface area (Å²) >= 11 is 1.95. The Morgan fingerprint density at radius 1 is 1.25 bits per heavy atom. The van der Waals surface area contributed by atoms with Crippen molar-refractivity contribution in [1.29, 1.82) is 0 Å². The average Bonchev–Trinajstić information content (AvgIpc) is 2.39. The van der Waals surface area contributed by atoms with Crippen LogP contribution in [0, 0.1) is 11.8 Å². The van der Waals surface area contributed by atoms with Crippen LogP contribution >= 0.6 is 11.8 Å². The molecule has 0 aromatic carbocycles. The van der Waals surface area contributed by atoms with Crippen LogP contribution in [0.2, 0.25) is 0 Å². The summed E-state index contributed by atoms with van der Waals surface area (Å²) in [4.78, 5) is 14.4. The van der Waals surface area contributed by atoms with Crippen LogP contribution in [0.15, 0.2) is 0 Å². The van der Waals surface area contributed by atoms with Crippen molar-refractivity contribution in [2.75, 3.05) is 31.1 Å². The molecule has 2 N–H and O–H groups in total. The van der Waals surface area contributed by atoms with Crippen molar-refractivity contribution in [3.63, 3.8) is 0 Å². The van der Waals surface area contributed by atoms with Crippen LogP contribution in [0.5, 0.6) is 0 Å². The predicted octanol–water partition coefficient (Wildman–Crippen LogP) is 1.33. The van der Waals surface area contributed by atoms with E-state index >= 15 is 0 Å². The standard InChI is InChI=1S/C12H22N2OS/c13-9-10-3-1-2-4-11(10)12(15)14-5-7-16-8-6-14/h10-11H,1-9,13H2. The minimum Gasteiger partial charge on any atom is -0.341 e. The molecule has 1 amide bonds. The monoisotopic (exact) mass is 242 g/mol. The van der Waals surface area contributed by atoms with Gasteiger partial charge in [-0.25, -0.2) is 0 Å². The zero-order valence-corrected chi connectivity index (χ0v) is 10.7. The summed E-state index contributed by atoms with van der Waals surface area (Å²) in [5.41, 5.74) is 5.79. The van der Waals surface area contributed by atoms with E-state index in [9.17, 15) is 4.79 Å². The second kappa shape index (κ2) is 5.92. The minimum atomic E-state index is 0.224. The Hall–Kier alpha value is -0.220. The van der Waals surface area contributed by atoms with E-state index in [0.717, 1.165) is 37.4 Å². The van der Waals surface area contributed by atoms with Crippen LogP contribution in [-0.2, 0) is 4.79 Å². The summed E-state index contributed by atoms with van der Waals surface area (Å²) in [6, 6.07) is 0. The largest absolute Gasteiger partial charge is 0.341 e. The van der Waals surface area contributed by atoms with Gasteiger partial charge in [0.15, 0.2) is 0 Å². The highest BCUT2D eigenvalue weighted by Gasteiger charge is 2.33. The molecule has 1 aliphatic carbocycles. The Bertz CT molecular complexity index is 241. The van der Waals surface area contributed by atoms with E-state index in [2.05, 4.69) is 4.90 Å². The molecular formula is C12H22N2OS. The third-order valence-corrected chi connectivity index (χ3v) is 4.79. The average molecular weight is 242 g/mol. The van der Waals surface area contributed by atoms with Crippen LogP contribution in [0.1, 0.15) is 25.7 Å². The van der Waals surface area contributed by atoms with Gasteiger partial charge in [0.05, 0.1) is 0 Å². The second-order valence-electron chi connectivity index (χ2n) is 4.82. The molecule has 4 heteroatoms. The fraction of sp³-hybridized carbons (Fsp3) is 0.917. The topological polar surface area (TPSA) is 46.3 Å². The van der Waals surface area contributed by atoms with Crippen molar-refractivity contribution in [1.82, 2.24) is 4.90 Å². The number of amides is 1. The second-order valence-corrected chi connectivity index (χ2v) is 6.05. The number of nitrogens with zero attached hydrogens (tertiary/aromatic N) is 1. The van der Waals surface area contributed by atoms with Crippen LogP contribution in [-0.4, -0.2) is 41.9 Å². The molecule has 16 heavy (non-hydrogen) atoms. The van der Waals surface area contributed by atoms with E-state index < -0.39 is 0 Å². The lowest BCUT2D eigenvalue weighted by Crippen LogP contribution is -2.45. The van der Waals surface area contributed by atoms with Crippen LogP contribution in [0.25, 0.3) is 0 Å². The van der Waals surface area contributed by atoms with Crippen molar-refractivity contribution < 1.29 is 4.79 Å². The zero-order chi connectivity index (χ0) is 11.4. The molecule has 0 bridgehead atoms. The number of hydrogen-bond acceptors (Lipinski definition) is 3. The van der Waals surface area contributed by atoms with Gasteiger partial charge in [0.25, 0.3) is 0 Å². The number of carbonyl (C=O) groups excluding carboxylic acids is 1. The highest BCUT2D eigenvalue weighted by molar-refractivity contribution is 7.99. The van der Waals surface area contributed by atoms with Crippen LogP contribution in [0.3, 0.4) is 0 Å². The lowest BCUT2D eigenvalue weighted by atomic mass is 9.78. The van der Waals surface area contributed by atoms with Gasteiger partial charge in [-0.2, -0.15) is 11.8 Å². The van der Waals surface area contributed by atoms with Gasteiger partial charge in [0.1, 0.15) is 0 Å². The molecule has 2 rings (SSSR count). The lowest BCUT2D eigenvalue weighted by Gasteiger charge is -2.35. The normalized spacial score (nSPS) is 31.4. The molecular weight excluding hydrogens is 220 g/mol. The van der Waals surface area contributed by atoms with E-state index in [1.807, 2.05) is 11.8 Å². The van der Waals surface area contributed by atoms with Gasteiger partial charge in [-0.1, -0.05) is 12.8 Å². The molecule has 0 radical (unpaired) electrons. The van der Waals surface area contributed by atoms with Gasteiger partial charge in [0.2, 0.25) is 5.91 Å². The summed E-state index contributed by atoms with van der Waals surface area (Å²) in [6.45, 7) is 2.56. The molecule has 1 saturated heterocycles. The fourth-order valence-corrected chi connectivity index (χ4v) is 3.74. The minimum absolute atomic E-state index is 0.224. The third-order valence-electron chi connectivity index (χ3n) is 3.85. The molecule has 2 unspecified atom stereocenters. The summed E-state index contributed by atoms with van der Waals surface area (Å²) in [6.07, 6.45) is 4.66. The highest BCUT2D eigenvalue weighted by Crippen LogP contribution is 2.31. The first kappa shape index (κ1) is 12.2. The Morgan fingerprint density at radius 3 is 2.62 bits per heavy atom. The number of nitrogens with two attached hydrogens (primary N) is 1. The quantitative estimate of drug-likeness (QED) is 0.794. The number of thioether (sulfide) groups is 1. The van der Waals surface area contributed by atoms with Gasteiger partial charge in [-0.05, 0) is 25.3 Å². The zero-order valence-electron chi connectivity index (χ0n) is 9.86. The fourth-order valence-electron chi connectivity index (χ4n) is 2.83. The first-order chi connectivity index (χ1) is 7.83. The van der Waals surface area contributed by atoms with E-state index in [1.54, 1.807) is 0 Å². The lowest BCUT2D eigenvalue weighted by molar-refractivity contribution is -0.138. The van der Waals surface area contributed by atoms with E-state index in [0.29, 0.717) is 18.4 Å². The molecule has 92 valence electrons. The SMILES string of the molecule is NCC1CCCCC1C(=O)N1CCSCC1. The maximum Gasteiger partial charge on any atom is 0.226 e. The third kappa shape index (κ3) is 2.72. The molecule has 0 spiro atoms. The molecule has 2 fully saturated rings. The Morgan fingerprint density at radius 2 is 1.94 bits per heavy atom. The maximum absolute atomic E-state index is 12.4. The van der Waals surface area contributed by atoms with Gasteiger partial charge in [-0.15, -0.1) is 0 Å². The Kier molecular flexibility index (Phi) is 4.53. The summed E-state index contributed by atoms with van der Waals surface area (Å²) in [5.74, 6) is 3.26. The van der Waals surface area contributed by atoms with Crippen molar-refractivity contribution in [2.24, 2.45) is 17.6 Å². The van der Waals surface area contributed by atoms with Crippen molar-refractivity contribution in [2.45, 2.75) is 25.7 Å². The van der Waals surface area contributed by atoms with E-state index in [1.165, 1.54) is 12.8 Å². The van der Waals surface area contributed by atoms with Crippen molar-refractivity contribution >= 4 is 17.7 Å². The van der Waals surface area contributed by atoms with Crippen molar-refractivity contribution in [3.8, 4) is 0 Å². The predicted molar refractivity (Wildman–Crippen MR) is 68.4 cm³/mol. The molecule has 1 heterocycles. The first-order valence-corrected chi connectivity index (χ1v) is 7.55. The molecule has 3 nitrogen and oxygen atoms in total. The molecule has 0 aromatic heterocycles. The van der Waals surface area contributed by atoms with Gasteiger partial charge >= 0.3 is 0 Å². The molecule has 0 aromatic rings.